The second kappa shape index (κ2) is 7.26. The van der Waals surface area contributed by atoms with Gasteiger partial charge in [0.2, 0.25) is 0 Å². The molecule has 1 aromatic heterocycles. The Bertz CT molecular complexity index is 720. The minimum atomic E-state index is -4.85. The van der Waals surface area contributed by atoms with Crippen molar-refractivity contribution < 1.29 is 27.0 Å². The number of aromatic nitrogens is 1. The topological polar surface area (TPSA) is 57.4 Å². The smallest absolute Gasteiger partial charge is 0.486 e. The van der Waals surface area contributed by atoms with Gasteiger partial charge < -0.3 is 15.2 Å². The first-order valence-corrected chi connectivity index (χ1v) is 7.47. The molecule has 4 nitrogen and oxygen atoms in total. The zero-order valence-corrected chi connectivity index (χ0v) is 13.7. The van der Waals surface area contributed by atoms with Gasteiger partial charge in [0.25, 0.3) is 0 Å². The molecule has 0 bridgehead atoms. The van der Waals surface area contributed by atoms with Gasteiger partial charge in [0.1, 0.15) is 11.4 Å². The summed E-state index contributed by atoms with van der Waals surface area (Å²) >= 11 is 0. The lowest BCUT2D eigenvalue weighted by Gasteiger charge is -2.35. The number of nitrogens with two attached hydrogens (primary N) is 1. The summed E-state index contributed by atoms with van der Waals surface area (Å²) in [6.45, 7) is 4.09. The Morgan fingerprint density at radius 2 is 1.88 bits per heavy atom. The minimum Gasteiger partial charge on any atom is -0.486 e. The van der Waals surface area contributed by atoms with E-state index in [1.165, 1.54) is 12.1 Å². The summed E-state index contributed by atoms with van der Waals surface area (Å²) in [4.78, 5) is 4.22. The van der Waals surface area contributed by atoms with Crippen molar-refractivity contribution in [2.45, 2.75) is 38.3 Å². The van der Waals surface area contributed by atoms with E-state index in [0.717, 1.165) is 30.0 Å². The van der Waals surface area contributed by atoms with Crippen molar-refractivity contribution in [1.29, 1.82) is 0 Å². The molecule has 0 radical (unpaired) electrons. The molecule has 0 fully saturated rings. The molecule has 8 heteroatoms. The maximum Gasteiger partial charge on any atom is 0.573 e. The van der Waals surface area contributed by atoms with Crippen molar-refractivity contribution >= 4 is 0 Å². The van der Waals surface area contributed by atoms with Crippen LogP contribution < -0.4 is 15.2 Å². The number of halogens is 4. The number of para-hydroxylation sites is 1. The number of alkyl halides is 3. The highest BCUT2D eigenvalue weighted by atomic mass is 19.4. The van der Waals surface area contributed by atoms with E-state index in [0.29, 0.717) is 0 Å². The van der Waals surface area contributed by atoms with Gasteiger partial charge in [-0.3, -0.25) is 4.98 Å². The van der Waals surface area contributed by atoms with Crippen LogP contribution in [0.2, 0.25) is 0 Å². The maximum absolute atomic E-state index is 12.5. The van der Waals surface area contributed by atoms with Crippen LogP contribution in [0.5, 0.6) is 11.5 Å². The highest BCUT2D eigenvalue weighted by molar-refractivity contribution is 5.32. The predicted octanol–water partition coefficient (Wildman–Crippen LogP) is 4.37. The van der Waals surface area contributed by atoms with Crippen LogP contribution in [0, 0.1) is 5.82 Å². The molecule has 2 N–H and O–H groups in total. The molecule has 2 aromatic rings. The number of benzene rings is 1. The largest absolute Gasteiger partial charge is 0.573 e. The van der Waals surface area contributed by atoms with Crippen LogP contribution in [-0.4, -0.2) is 16.9 Å². The van der Waals surface area contributed by atoms with Gasteiger partial charge in [-0.25, -0.2) is 4.39 Å². The first-order valence-electron chi connectivity index (χ1n) is 7.47. The number of ether oxygens (including phenoxy) is 2. The van der Waals surface area contributed by atoms with Crippen LogP contribution in [0.4, 0.5) is 17.6 Å². The summed E-state index contributed by atoms with van der Waals surface area (Å²) in [7, 11) is 0. The zero-order chi connectivity index (χ0) is 18.7. The summed E-state index contributed by atoms with van der Waals surface area (Å²) in [6.07, 6.45) is -2.28. The molecule has 1 aromatic carbocycles. The number of fused-ring (bicyclic) bond motifs is 1. The minimum absolute atomic E-state index is 0.0000463. The number of hydrogen-bond acceptors (Lipinski definition) is 4. The highest BCUT2D eigenvalue weighted by Gasteiger charge is 2.33. The van der Waals surface area contributed by atoms with Crippen molar-refractivity contribution in [3.05, 3.63) is 54.1 Å². The molecule has 0 saturated heterocycles. The fraction of sp³-hybridized carbons (Fsp3) is 0.353. The predicted molar refractivity (Wildman–Crippen MR) is 83.6 cm³/mol. The van der Waals surface area contributed by atoms with Gasteiger partial charge in [-0.15, -0.1) is 13.2 Å². The second-order valence-electron chi connectivity index (χ2n) is 6.04. The third-order valence-electron chi connectivity index (χ3n) is 3.31. The Balaban J connectivity index is 0.000000181. The molecule has 2 heterocycles. The third kappa shape index (κ3) is 5.60. The van der Waals surface area contributed by atoms with Gasteiger partial charge in [-0.05, 0) is 38.1 Å². The van der Waals surface area contributed by atoms with E-state index in [-0.39, 0.29) is 11.6 Å². The lowest BCUT2D eigenvalue weighted by molar-refractivity contribution is -0.275. The first kappa shape index (κ1) is 19.0. The molecule has 0 amide bonds. The molecule has 1 atom stereocenters. The Hall–Kier alpha value is -2.35. The quantitative estimate of drug-likeness (QED) is 0.769. The van der Waals surface area contributed by atoms with Gasteiger partial charge in [-0.2, -0.15) is 0 Å². The summed E-state index contributed by atoms with van der Waals surface area (Å²) in [5.41, 5.74) is 6.68. The van der Waals surface area contributed by atoms with Gasteiger partial charge >= 0.3 is 6.36 Å². The van der Waals surface area contributed by atoms with Gasteiger partial charge in [0, 0.05) is 12.6 Å². The Kier molecular flexibility index (Phi) is 5.52. The summed E-state index contributed by atoms with van der Waals surface area (Å²) in [6, 6.07) is 8.11. The summed E-state index contributed by atoms with van der Waals surface area (Å²) in [5, 5.41) is 0. The molecular weight excluding hydrogens is 340 g/mol. The molecule has 1 aliphatic rings. The van der Waals surface area contributed by atoms with E-state index in [4.69, 9.17) is 10.5 Å². The average Bonchev–Trinajstić information content (AvgIpc) is 2.48. The zero-order valence-electron chi connectivity index (χ0n) is 13.7. The lowest BCUT2D eigenvalue weighted by atomic mass is 9.93. The van der Waals surface area contributed by atoms with Crippen molar-refractivity contribution in [2.75, 3.05) is 0 Å². The molecule has 3 rings (SSSR count). The van der Waals surface area contributed by atoms with E-state index < -0.39 is 17.9 Å². The fourth-order valence-corrected chi connectivity index (χ4v) is 2.39. The van der Waals surface area contributed by atoms with Crippen LogP contribution in [0.25, 0.3) is 0 Å². The van der Waals surface area contributed by atoms with E-state index in [9.17, 15) is 17.6 Å². The van der Waals surface area contributed by atoms with E-state index in [2.05, 4.69) is 9.72 Å². The van der Waals surface area contributed by atoms with Crippen molar-refractivity contribution in [3.8, 4) is 11.5 Å². The molecule has 0 spiro atoms. The normalized spacial score (nSPS) is 18.3. The van der Waals surface area contributed by atoms with E-state index >= 15 is 0 Å². The summed E-state index contributed by atoms with van der Waals surface area (Å²) < 4.78 is 56.2. The van der Waals surface area contributed by atoms with Gasteiger partial charge in [0.15, 0.2) is 11.6 Å². The Morgan fingerprint density at radius 3 is 2.52 bits per heavy atom. The van der Waals surface area contributed by atoms with Crippen LogP contribution >= 0.6 is 0 Å². The summed E-state index contributed by atoms with van der Waals surface area (Å²) in [5.74, 6) is -1.02. The number of rotatable bonds is 1. The number of hydrogen-bond donors (Lipinski definition) is 1. The number of nitrogens with zero attached hydrogens (tertiary/aromatic N) is 1. The van der Waals surface area contributed by atoms with Crippen LogP contribution in [-0.2, 0) is 0 Å². The first-order chi connectivity index (χ1) is 11.6. The average molecular weight is 358 g/mol. The SMILES string of the molecule is CC1(C)C[C@@H](N)c2ncccc2O1.Fc1ccccc1OC(F)(F)F. The molecule has 25 heavy (non-hydrogen) atoms. The molecule has 0 aliphatic carbocycles. The molecular formula is C17H18F4N2O2. The van der Waals surface area contributed by atoms with Crippen molar-refractivity contribution in [3.63, 3.8) is 0 Å². The molecule has 1 aliphatic heterocycles. The second-order valence-corrected chi connectivity index (χ2v) is 6.04. The third-order valence-corrected chi connectivity index (χ3v) is 3.31. The Morgan fingerprint density at radius 1 is 1.20 bits per heavy atom. The van der Waals surface area contributed by atoms with Crippen LogP contribution in [0.15, 0.2) is 42.6 Å². The number of pyridine rings is 1. The van der Waals surface area contributed by atoms with Crippen molar-refractivity contribution in [2.24, 2.45) is 5.73 Å². The van der Waals surface area contributed by atoms with Crippen molar-refractivity contribution in [1.82, 2.24) is 4.98 Å². The molecule has 0 unspecified atom stereocenters. The standard InChI is InChI=1S/C10H14N2O.C7H4F4O/c1-10(2)6-7(11)9-8(13-10)4-3-5-12-9;8-5-3-1-2-4-6(5)12-7(9,10)11/h3-5,7H,6,11H2,1-2H3;1-4H/t7-;/m1./s1. The van der Waals surface area contributed by atoms with Gasteiger partial charge in [-0.1, -0.05) is 12.1 Å². The van der Waals surface area contributed by atoms with Gasteiger partial charge in [0.05, 0.1) is 11.7 Å². The molecule has 136 valence electrons. The Labute approximate surface area is 142 Å². The maximum atomic E-state index is 12.5. The fourth-order valence-electron chi connectivity index (χ4n) is 2.39. The molecule has 0 saturated carbocycles. The van der Waals surface area contributed by atoms with Crippen LogP contribution in [0.1, 0.15) is 32.0 Å². The van der Waals surface area contributed by atoms with E-state index in [1.54, 1.807) is 6.20 Å². The highest BCUT2D eigenvalue weighted by Crippen LogP contribution is 2.36. The monoisotopic (exact) mass is 358 g/mol. The van der Waals surface area contributed by atoms with E-state index in [1.807, 2.05) is 26.0 Å². The lowest BCUT2D eigenvalue weighted by Crippen LogP contribution is -2.37. The van der Waals surface area contributed by atoms with Crippen LogP contribution in [0.3, 0.4) is 0 Å².